The molecule has 2 aromatic heterocycles. The van der Waals surface area contributed by atoms with Crippen molar-refractivity contribution >= 4 is 72.5 Å². The lowest BCUT2D eigenvalue weighted by Crippen LogP contribution is -2.16. The predicted octanol–water partition coefficient (Wildman–Crippen LogP) is 4.65. The van der Waals surface area contributed by atoms with Gasteiger partial charge in [-0.1, -0.05) is 23.7 Å². The maximum Gasteiger partial charge on any atom is 0.263 e. The van der Waals surface area contributed by atoms with E-state index in [0.29, 0.717) is 33.1 Å². The van der Waals surface area contributed by atoms with Gasteiger partial charge in [-0.3, -0.25) is 28.5 Å². The Balaban J connectivity index is 0.000000218. The number of nitrogens with two attached hydrogens (primary N) is 2. The Bertz CT molecular complexity index is 2060. The van der Waals surface area contributed by atoms with E-state index in [1.54, 1.807) is 72.5 Å². The van der Waals surface area contributed by atoms with Crippen molar-refractivity contribution in [3.8, 4) is 5.75 Å². The molecule has 48 heavy (non-hydrogen) atoms. The highest BCUT2D eigenvalue weighted by Crippen LogP contribution is 2.31. The minimum atomic E-state index is -3.70. The summed E-state index contributed by atoms with van der Waals surface area (Å²) < 4.78 is 33.5. The number of sulfonamides is 1. The molecular weight excluding hydrogens is 678 g/mol. The highest BCUT2D eigenvalue weighted by Gasteiger charge is 2.21. The first kappa shape index (κ1) is 35.8. The Morgan fingerprint density at radius 2 is 1.62 bits per heavy atom. The molecule has 250 valence electrons. The summed E-state index contributed by atoms with van der Waals surface area (Å²) in [6, 6.07) is 18.1. The third-order valence-electron chi connectivity index (χ3n) is 7.13. The molecule has 0 bridgehead atoms. The van der Waals surface area contributed by atoms with Gasteiger partial charge in [0.25, 0.3) is 15.9 Å². The van der Waals surface area contributed by atoms with Crippen LogP contribution in [0.1, 0.15) is 40.0 Å². The summed E-state index contributed by atoms with van der Waals surface area (Å²) >= 11 is 7.08. The van der Waals surface area contributed by atoms with Crippen molar-refractivity contribution in [1.29, 1.82) is 0 Å². The maximum absolute atomic E-state index is 13.0. The summed E-state index contributed by atoms with van der Waals surface area (Å²) in [5.74, 6) is -0.647. The van der Waals surface area contributed by atoms with Crippen LogP contribution in [0.25, 0.3) is 10.9 Å². The van der Waals surface area contributed by atoms with Gasteiger partial charge < -0.3 is 16.2 Å². The van der Waals surface area contributed by atoms with Crippen LogP contribution < -0.4 is 20.9 Å². The summed E-state index contributed by atoms with van der Waals surface area (Å²) in [5.41, 5.74) is 13.7. The Morgan fingerprint density at radius 1 is 0.938 bits per heavy atom. The number of thiazole rings is 1. The topological polar surface area (TPSA) is 194 Å². The smallest absolute Gasteiger partial charge is 0.263 e. The second kappa shape index (κ2) is 15.7. The van der Waals surface area contributed by atoms with Gasteiger partial charge in [-0.2, -0.15) is 0 Å². The summed E-state index contributed by atoms with van der Waals surface area (Å²) in [6.07, 6.45) is 1.79. The number of ketones is 1. The minimum absolute atomic E-state index is 0.0169. The van der Waals surface area contributed by atoms with Gasteiger partial charge in [-0.15, -0.1) is 11.3 Å². The van der Waals surface area contributed by atoms with Gasteiger partial charge in [-0.25, -0.2) is 13.4 Å². The number of hydrogen-bond donors (Lipinski definition) is 3. The van der Waals surface area contributed by atoms with Crippen molar-refractivity contribution in [3.63, 3.8) is 0 Å². The molecule has 5 rings (SSSR count). The summed E-state index contributed by atoms with van der Waals surface area (Å²) in [4.78, 5) is 50.8. The van der Waals surface area contributed by atoms with Crippen molar-refractivity contribution in [2.45, 2.75) is 37.5 Å². The number of carbonyl (C=O) groups is 4. The van der Waals surface area contributed by atoms with Crippen LogP contribution in [0, 0.1) is 6.92 Å². The Labute approximate surface area is 285 Å². The lowest BCUT2D eigenvalue weighted by Gasteiger charge is -2.08. The van der Waals surface area contributed by atoms with Gasteiger partial charge in [0.05, 0.1) is 23.9 Å². The normalized spacial score (nSPS) is 11.0. The molecule has 0 aliphatic heterocycles. The van der Waals surface area contributed by atoms with Crippen LogP contribution in [0.15, 0.2) is 83.2 Å². The number of anilines is 1. The number of nitrogens with one attached hydrogen (secondary N) is 1. The number of hydrogen-bond acceptors (Lipinski definition) is 9. The number of primary amides is 2. The van der Waals surface area contributed by atoms with Crippen LogP contribution in [0.4, 0.5) is 5.13 Å². The fraction of sp³-hybridized carbons (Fsp3) is 0.182. The number of methoxy groups -OCH3 is 1. The third-order valence-corrected chi connectivity index (χ3v) is 9.55. The van der Waals surface area contributed by atoms with Crippen LogP contribution in [0.5, 0.6) is 5.75 Å². The van der Waals surface area contributed by atoms with E-state index in [0.717, 1.165) is 10.9 Å². The second-order valence-corrected chi connectivity index (χ2v) is 13.5. The highest BCUT2D eigenvalue weighted by atomic mass is 35.5. The van der Waals surface area contributed by atoms with Crippen LogP contribution in [0.3, 0.4) is 0 Å². The van der Waals surface area contributed by atoms with Crippen LogP contribution in [-0.4, -0.2) is 48.6 Å². The number of fused-ring (bicyclic) bond motifs is 1. The minimum Gasteiger partial charge on any atom is -0.497 e. The van der Waals surface area contributed by atoms with Gasteiger partial charge in [0.1, 0.15) is 11.5 Å². The lowest BCUT2D eigenvalue weighted by molar-refractivity contribution is -0.123. The van der Waals surface area contributed by atoms with Gasteiger partial charge in [-0.05, 0) is 72.6 Å². The SMILES string of the molecule is COc1ccc2c(c1)c(CC(N)=O)c(C)n2C(=O)c1ccc(Cl)cc1.NC(=O)CCC(=O)Cc1ccc(S(=O)(=O)Nc2nccs2)cc1. The first-order valence-electron chi connectivity index (χ1n) is 14.4. The average molecular weight is 710 g/mol. The third kappa shape index (κ3) is 9.06. The molecule has 3 aromatic carbocycles. The molecule has 0 radical (unpaired) electrons. The van der Waals surface area contributed by atoms with E-state index in [1.165, 1.54) is 29.7 Å². The molecule has 0 aliphatic carbocycles. The first-order chi connectivity index (χ1) is 22.8. The van der Waals surface area contributed by atoms with Crippen LogP contribution in [0.2, 0.25) is 5.02 Å². The zero-order chi connectivity index (χ0) is 35.0. The summed E-state index contributed by atoms with van der Waals surface area (Å²) in [5, 5.41) is 3.29. The fourth-order valence-electron chi connectivity index (χ4n) is 4.78. The van der Waals surface area contributed by atoms with E-state index < -0.39 is 21.8 Å². The number of Topliss-reactive ketones (excluding diaryl/α,β-unsaturated/α-hetero) is 1. The van der Waals surface area contributed by atoms with Crippen molar-refractivity contribution in [2.75, 3.05) is 11.8 Å². The molecule has 15 heteroatoms. The molecule has 0 saturated carbocycles. The van der Waals surface area contributed by atoms with Crippen LogP contribution >= 0.6 is 22.9 Å². The van der Waals surface area contributed by atoms with Crippen molar-refractivity contribution < 1.29 is 32.3 Å². The molecule has 2 heterocycles. The van der Waals surface area contributed by atoms with Crippen molar-refractivity contribution in [1.82, 2.24) is 9.55 Å². The maximum atomic E-state index is 13.0. The second-order valence-electron chi connectivity index (χ2n) is 10.5. The molecule has 5 aromatic rings. The molecule has 0 fully saturated rings. The number of aromatic nitrogens is 2. The van der Waals surface area contributed by atoms with Gasteiger partial charge >= 0.3 is 0 Å². The molecule has 0 atom stereocenters. The van der Waals surface area contributed by atoms with E-state index in [9.17, 15) is 27.6 Å². The molecule has 0 unspecified atom stereocenters. The largest absolute Gasteiger partial charge is 0.497 e. The molecule has 0 saturated heterocycles. The molecule has 0 spiro atoms. The van der Waals surface area contributed by atoms with Crippen molar-refractivity contribution in [2.24, 2.45) is 11.5 Å². The number of halogens is 1. The van der Waals surface area contributed by atoms with Crippen LogP contribution in [-0.2, 0) is 37.2 Å². The monoisotopic (exact) mass is 709 g/mol. The van der Waals surface area contributed by atoms with E-state index in [-0.39, 0.29) is 47.4 Å². The summed E-state index contributed by atoms with van der Waals surface area (Å²) in [7, 11) is -2.13. The molecule has 5 N–H and O–H groups in total. The van der Waals surface area contributed by atoms with Crippen molar-refractivity contribution in [3.05, 3.63) is 106 Å². The molecule has 0 aliphatic rings. The Kier molecular flexibility index (Phi) is 11.7. The number of ether oxygens (including phenoxy) is 1. The van der Waals surface area contributed by atoms with E-state index in [1.807, 2.05) is 6.07 Å². The van der Waals surface area contributed by atoms with Gasteiger partial charge in [0, 0.05) is 52.5 Å². The van der Waals surface area contributed by atoms with Gasteiger partial charge in [0.15, 0.2) is 5.13 Å². The zero-order valence-corrected chi connectivity index (χ0v) is 28.3. The molecule has 2 amide bonds. The number of rotatable bonds is 12. The Morgan fingerprint density at radius 3 is 2.21 bits per heavy atom. The van der Waals surface area contributed by atoms with E-state index in [2.05, 4.69) is 9.71 Å². The van der Waals surface area contributed by atoms with E-state index in [4.69, 9.17) is 27.8 Å². The quantitative estimate of drug-likeness (QED) is 0.167. The average Bonchev–Trinajstić information content (AvgIpc) is 3.65. The summed E-state index contributed by atoms with van der Waals surface area (Å²) in [6.45, 7) is 1.80. The van der Waals surface area contributed by atoms with E-state index >= 15 is 0 Å². The first-order valence-corrected chi connectivity index (χ1v) is 17.1. The fourth-order valence-corrected chi connectivity index (χ4v) is 6.70. The number of nitrogens with zero attached hydrogens (tertiary/aromatic N) is 2. The number of carbonyl (C=O) groups excluding carboxylic acids is 4. The number of benzene rings is 3. The molecule has 12 nitrogen and oxygen atoms in total. The molecular formula is C33H32ClN5O7S2. The number of amides is 2. The zero-order valence-electron chi connectivity index (χ0n) is 25.9. The lowest BCUT2D eigenvalue weighted by atomic mass is 10.1. The Hall–Kier alpha value is -5.05. The highest BCUT2D eigenvalue weighted by molar-refractivity contribution is 7.93. The standard InChI is InChI=1S/C19H17ClN2O3.C14H15N3O4S2/c1-11-15(10-18(21)23)16-9-14(25-2)7-8-17(16)22(11)19(24)12-3-5-13(20)6-4-12;15-13(19)6-3-11(18)9-10-1-4-12(5-2-10)23(20,21)17-14-16-7-8-22-14/h3-9H,10H2,1-2H3,(H2,21,23);1-2,4-5,7-8H,3,6,9H2,(H2,15,19)(H,16,17). The van der Waals surface area contributed by atoms with Gasteiger partial charge in [0.2, 0.25) is 11.8 Å². The predicted molar refractivity (Wildman–Crippen MR) is 184 cm³/mol.